The number of aromatic amines is 1. The van der Waals surface area contributed by atoms with Crippen molar-refractivity contribution in [2.24, 2.45) is 4.99 Å². The Kier molecular flexibility index (Phi) is 6.13. The number of hydrogen-bond acceptors (Lipinski definition) is 7. The summed E-state index contributed by atoms with van der Waals surface area (Å²) in [6.45, 7) is 0. The van der Waals surface area contributed by atoms with E-state index in [1.54, 1.807) is 0 Å². The van der Waals surface area contributed by atoms with Gasteiger partial charge < -0.3 is 10.2 Å². The summed E-state index contributed by atoms with van der Waals surface area (Å²) in [5, 5.41) is 19.4. The number of carboxylic acids is 1. The van der Waals surface area contributed by atoms with Crippen molar-refractivity contribution in [1.29, 1.82) is 0 Å². The highest BCUT2D eigenvalue weighted by atomic mass is 32.2. The lowest BCUT2D eigenvalue weighted by Crippen LogP contribution is -2.31. The molecule has 0 fully saturated rings. The standard InChI is InChI=1S/C16H16FN3O7S/c1-28(26,27)7-6-12(15(23)24)18-8-11-13(21)19-16(25)20(14(11)22)10-4-2-9(17)3-5-10/h2-5,8,12,22H,6-7H2,1H3,(H,23,24)(H,19,21,25)/t12-/m0/s1. The van der Waals surface area contributed by atoms with E-state index in [1.807, 2.05) is 4.98 Å². The van der Waals surface area contributed by atoms with Gasteiger partial charge in [0.15, 0.2) is 0 Å². The van der Waals surface area contributed by atoms with Crippen molar-refractivity contribution < 1.29 is 27.8 Å². The number of hydrogen-bond donors (Lipinski definition) is 3. The molecule has 0 unspecified atom stereocenters. The van der Waals surface area contributed by atoms with E-state index < -0.39 is 56.1 Å². The number of carbonyl (C=O) groups is 1. The van der Waals surface area contributed by atoms with Gasteiger partial charge in [-0.05, 0) is 30.7 Å². The van der Waals surface area contributed by atoms with Crippen LogP contribution in [0.5, 0.6) is 5.88 Å². The van der Waals surface area contributed by atoms with E-state index in [0.29, 0.717) is 4.57 Å². The lowest BCUT2D eigenvalue weighted by Gasteiger charge is -2.10. The first kappa shape index (κ1) is 21.0. The molecule has 0 aliphatic carbocycles. The summed E-state index contributed by atoms with van der Waals surface area (Å²) in [6.07, 6.45) is 1.33. The van der Waals surface area contributed by atoms with Gasteiger partial charge in [0.05, 0.1) is 11.4 Å². The third-order valence-corrected chi connectivity index (χ3v) is 4.61. The number of sulfone groups is 1. The van der Waals surface area contributed by atoms with Crippen molar-refractivity contribution in [1.82, 2.24) is 9.55 Å². The molecule has 0 aliphatic heterocycles. The van der Waals surface area contributed by atoms with Crippen molar-refractivity contribution in [2.45, 2.75) is 12.5 Å². The van der Waals surface area contributed by atoms with Gasteiger partial charge >= 0.3 is 11.7 Å². The predicted molar refractivity (Wildman–Crippen MR) is 97.6 cm³/mol. The molecule has 0 saturated heterocycles. The van der Waals surface area contributed by atoms with E-state index in [-0.39, 0.29) is 12.1 Å². The van der Waals surface area contributed by atoms with Gasteiger partial charge in [-0.25, -0.2) is 27.0 Å². The third-order valence-electron chi connectivity index (χ3n) is 3.64. The fourth-order valence-electron chi connectivity index (χ4n) is 2.24. The Morgan fingerprint density at radius 2 is 1.93 bits per heavy atom. The molecule has 150 valence electrons. The van der Waals surface area contributed by atoms with Crippen LogP contribution >= 0.6 is 0 Å². The van der Waals surface area contributed by atoms with Gasteiger partial charge in [0.25, 0.3) is 5.56 Å². The quantitative estimate of drug-likeness (QED) is 0.524. The molecule has 1 aromatic heterocycles. The molecule has 10 nitrogen and oxygen atoms in total. The first-order valence-corrected chi connectivity index (χ1v) is 9.83. The maximum Gasteiger partial charge on any atom is 0.335 e. The van der Waals surface area contributed by atoms with Gasteiger partial charge in [0, 0.05) is 12.5 Å². The highest BCUT2D eigenvalue weighted by molar-refractivity contribution is 7.90. The van der Waals surface area contributed by atoms with Gasteiger partial charge in [-0.3, -0.25) is 14.8 Å². The normalized spacial score (nSPS) is 12.9. The zero-order valence-electron chi connectivity index (χ0n) is 14.5. The molecule has 1 heterocycles. The molecule has 0 bridgehead atoms. The number of nitrogens with zero attached hydrogens (tertiary/aromatic N) is 2. The van der Waals surface area contributed by atoms with Crippen LogP contribution < -0.4 is 11.2 Å². The van der Waals surface area contributed by atoms with Crippen molar-refractivity contribution >= 4 is 22.0 Å². The molecule has 2 rings (SSSR count). The SMILES string of the molecule is CS(=O)(=O)CC[C@H](N=Cc1c(O)n(-c2ccc(F)cc2)c(=O)[nH]c1=O)C(=O)O. The zero-order valence-corrected chi connectivity index (χ0v) is 15.3. The van der Waals surface area contributed by atoms with Crippen molar-refractivity contribution in [2.75, 3.05) is 12.0 Å². The number of aromatic hydroxyl groups is 1. The number of benzene rings is 1. The average Bonchev–Trinajstić information content (AvgIpc) is 2.57. The minimum Gasteiger partial charge on any atom is -0.493 e. The number of H-pyrrole nitrogens is 1. The predicted octanol–water partition coefficient (Wildman–Crippen LogP) is -0.323. The van der Waals surface area contributed by atoms with E-state index in [0.717, 1.165) is 24.6 Å². The number of rotatable bonds is 7. The fraction of sp³-hybridized carbons (Fsp3) is 0.250. The van der Waals surface area contributed by atoms with Crippen LogP contribution in [-0.2, 0) is 14.6 Å². The van der Waals surface area contributed by atoms with E-state index in [2.05, 4.69) is 4.99 Å². The maximum absolute atomic E-state index is 13.1. The second-order valence-corrected chi connectivity index (χ2v) is 8.12. The van der Waals surface area contributed by atoms with Crippen molar-refractivity contribution in [3.05, 3.63) is 56.5 Å². The van der Waals surface area contributed by atoms with Crippen LogP contribution in [0.4, 0.5) is 4.39 Å². The zero-order chi connectivity index (χ0) is 21.1. The van der Waals surface area contributed by atoms with Crippen LogP contribution in [0, 0.1) is 5.82 Å². The molecular formula is C16H16FN3O7S. The highest BCUT2D eigenvalue weighted by Gasteiger charge is 2.19. The molecule has 1 aromatic carbocycles. The molecule has 0 radical (unpaired) electrons. The number of aromatic nitrogens is 2. The molecule has 1 atom stereocenters. The Balaban J connectivity index is 2.47. The largest absolute Gasteiger partial charge is 0.493 e. The Bertz CT molecular complexity index is 1130. The van der Waals surface area contributed by atoms with Crippen LogP contribution in [-0.4, -0.2) is 58.4 Å². The van der Waals surface area contributed by atoms with E-state index in [4.69, 9.17) is 5.11 Å². The average molecular weight is 413 g/mol. The Morgan fingerprint density at radius 1 is 1.32 bits per heavy atom. The second-order valence-electron chi connectivity index (χ2n) is 5.86. The molecule has 2 aromatic rings. The first-order chi connectivity index (χ1) is 13.0. The Labute approximate surface area is 157 Å². The van der Waals surface area contributed by atoms with Gasteiger partial charge in [0.2, 0.25) is 5.88 Å². The fourth-order valence-corrected chi connectivity index (χ4v) is 2.89. The molecule has 3 N–H and O–H groups in total. The molecule has 0 saturated carbocycles. The molecule has 0 aliphatic rings. The minimum atomic E-state index is -3.43. The van der Waals surface area contributed by atoms with Crippen LogP contribution in [0.2, 0.25) is 0 Å². The molecule has 0 spiro atoms. The van der Waals surface area contributed by atoms with Crippen molar-refractivity contribution in [3.63, 3.8) is 0 Å². The molecular weight excluding hydrogens is 397 g/mol. The Hall–Kier alpha value is -3.28. The molecule has 28 heavy (non-hydrogen) atoms. The van der Waals surface area contributed by atoms with Crippen LogP contribution in [0.15, 0.2) is 38.8 Å². The molecule has 12 heteroatoms. The summed E-state index contributed by atoms with van der Waals surface area (Å²) < 4.78 is 36.1. The van der Waals surface area contributed by atoms with Gasteiger partial charge in [-0.2, -0.15) is 0 Å². The second kappa shape index (κ2) is 8.17. The smallest absolute Gasteiger partial charge is 0.335 e. The van der Waals surface area contributed by atoms with Crippen LogP contribution in [0.1, 0.15) is 12.0 Å². The lowest BCUT2D eigenvalue weighted by molar-refractivity contribution is -0.138. The number of aliphatic imine (C=N–C) groups is 1. The third kappa shape index (κ3) is 5.13. The number of aliphatic carboxylic acids is 1. The summed E-state index contributed by atoms with van der Waals surface area (Å²) in [4.78, 5) is 40.8. The number of nitrogens with one attached hydrogen (secondary N) is 1. The summed E-state index contributed by atoms with van der Waals surface area (Å²) in [5.41, 5.74) is -2.51. The minimum absolute atomic E-state index is 0.0432. The first-order valence-electron chi connectivity index (χ1n) is 7.77. The lowest BCUT2D eigenvalue weighted by atomic mass is 10.2. The van der Waals surface area contributed by atoms with E-state index >= 15 is 0 Å². The summed E-state index contributed by atoms with van der Waals surface area (Å²) in [5.74, 6) is -3.30. The maximum atomic E-state index is 13.1. The van der Waals surface area contributed by atoms with Crippen molar-refractivity contribution in [3.8, 4) is 11.6 Å². The highest BCUT2D eigenvalue weighted by Crippen LogP contribution is 2.16. The van der Waals surface area contributed by atoms with Crippen LogP contribution in [0.25, 0.3) is 5.69 Å². The summed E-state index contributed by atoms with van der Waals surface area (Å²) >= 11 is 0. The Morgan fingerprint density at radius 3 is 2.46 bits per heavy atom. The van der Waals surface area contributed by atoms with E-state index in [9.17, 15) is 32.3 Å². The molecule has 0 amide bonds. The topological polar surface area (TPSA) is 159 Å². The van der Waals surface area contributed by atoms with Gasteiger partial charge in [0.1, 0.15) is 27.3 Å². The number of carboxylic acid groups (broad SMARTS) is 1. The van der Waals surface area contributed by atoms with Crippen LogP contribution in [0.3, 0.4) is 0 Å². The monoisotopic (exact) mass is 413 g/mol. The van der Waals surface area contributed by atoms with Gasteiger partial charge in [-0.15, -0.1) is 0 Å². The summed E-state index contributed by atoms with van der Waals surface area (Å²) in [7, 11) is -3.43. The van der Waals surface area contributed by atoms with Gasteiger partial charge in [-0.1, -0.05) is 0 Å². The number of halogens is 1. The summed E-state index contributed by atoms with van der Waals surface area (Å²) in [6, 6.07) is 2.95. The van der Waals surface area contributed by atoms with E-state index in [1.165, 1.54) is 12.1 Å².